The average Bonchev–Trinajstić information content (AvgIpc) is 2.95. The molecular formula is C16H20BrN5O2. The minimum absolute atomic E-state index is 0.197. The van der Waals surface area contributed by atoms with Crippen LogP contribution in [0.5, 0.6) is 0 Å². The number of hydrogen-bond donors (Lipinski definition) is 4. The number of nitrogens with two attached hydrogens (primary N) is 1. The Bertz CT molecular complexity index is 742. The van der Waals surface area contributed by atoms with Crippen LogP contribution in [-0.4, -0.2) is 35.1 Å². The zero-order valence-electron chi connectivity index (χ0n) is 13.5. The van der Waals surface area contributed by atoms with Crippen LogP contribution in [0.3, 0.4) is 0 Å². The van der Waals surface area contributed by atoms with Crippen LogP contribution in [0.25, 0.3) is 0 Å². The molecule has 1 heterocycles. The van der Waals surface area contributed by atoms with E-state index in [0.29, 0.717) is 28.8 Å². The number of nitrogens with one attached hydrogen (secondary N) is 3. The van der Waals surface area contributed by atoms with Gasteiger partial charge in [0, 0.05) is 13.1 Å². The molecular weight excluding hydrogens is 374 g/mol. The molecule has 0 bridgehead atoms. The molecule has 0 radical (unpaired) electrons. The topological polar surface area (TPSA) is 113 Å². The molecule has 0 unspecified atom stereocenters. The largest absolute Gasteiger partial charge is 0.351 e. The van der Waals surface area contributed by atoms with Crippen LogP contribution in [0.1, 0.15) is 46.3 Å². The standard InChI is InChI=1S/C16H20BrN5O2/c1-9(2)13-12(17)14(22-21-13)16(24)20-11-6-4-3-5-10(11)15(23)19-8-7-18/h3-6,9H,7-8,18H2,1-2H3,(H,19,23)(H,20,24)(H,21,22). The summed E-state index contributed by atoms with van der Waals surface area (Å²) in [7, 11) is 0. The molecule has 0 aliphatic heterocycles. The van der Waals surface area contributed by atoms with Gasteiger partial charge in [-0.05, 0) is 34.0 Å². The summed E-state index contributed by atoms with van der Waals surface area (Å²) in [5, 5.41) is 12.3. The molecule has 24 heavy (non-hydrogen) atoms. The number of aromatic nitrogens is 2. The van der Waals surface area contributed by atoms with Crippen LogP contribution >= 0.6 is 15.9 Å². The number of H-pyrrole nitrogens is 1. The number of nitrogens with zero attached hydrogens (tertiary/aromatic N) is 1. The number of hydrogen-bond acceptors (Lipinski definition) is 4. The van der Waals surface area contributed by atoms with Gasteiger partial charge in [0.1, 0.15) is 0 Å². The molecule has 1 aromatic carbocycles. The molecule has 1 aromatic heterocycles. The van der Waals surface area contributed by atoms with Crippen LogP contribution in [0.2, 0.25) is 0 Å². The number of halogens is 1. The highest BCUT2D eigenvalue weighted by atomic mass is 79.9. The third-order valence-corrected chi connectivity index (χ3v) is 4.18. The molecule has 2 aromatic rings. The quantitative estimate of drug-likeness (QED) is 0.602. The summed E-state index contributed by atoms with van der Waals surface area (Å²) in [6.07, 6.45) is 0. The second-order valence-corrected chi connectivity index (χ2v) is 6.29. The molecule has 0 aliphatic rings. The fourth-order valence-electron chi connectivity index (χ4n) is 2.13. The van der Waals surface area contributed by atoms with Crippen molar-refractivity contribution in [3.05, 3.63) is 45.7 Å². The van der Waals surface area contributed by atoms with Crippen molar-refractivity contribution in [2.45, 2.75) is 19.8 Å². The number of aromatic amines is 1. The van der Waals surface area contributed by atoms with E-state index in [0.717, 1.165) is 5.69 Å². The SMILES string of the molecule is CC(C)c1[nH]nc(C(=O)Nc2ccccc2C(=O)NCCN)c1Br. The van der Waals surface area contributed by atoms with Crippen LogP contribution in [0.4, 0.5) is 5.69 Å². The Balaban J connectivity index is 2.22. The van der Waals surface area contributed by atoms with Gasteiger partial charge in [-0.25, -0.2) is 0 Å². The molecule has 7 nitrogen and oxygen atoms in total. The highest BCUT2D eigenvalue weighted by molar-refractivity contribution is 9.10. The third kappa shape index (κ3) is 4.01. The van der Waals surface area contributed by atoms with E-state index < -0.39 is 5.91 Å². The zero-order valence-corrected chi connectivity index (χ0v) is 15.1. The Hall–Kier alpha value is -2.19. The van der Waals surface area contributed by atoms with Gasteiger partial charge < -0.3 is 16.4 Å². The van der Waals surface area contributed by atoms with E-state index in [4.69, 9.17) is 5.73 Å². The van der Waals surface area contributed by atoms with Crippen molar-refractivity contribution in [3.8, 4) is 0 Å². The van der Waals surface area contributed by atoms with Crippen molar-refractivity contribution in [2.75, 3.05) is 18.4 Å². The Morgan fingerprint density at radius 2 is 2.00 bits per heavy atom. The van der Waals surface area contributed by atoms with Crippen molar-refractivity contribution >= 4 is 33.4 Å². The van der Waals surface area contributed by atoms with Crippen molar-refractivity contribution in [2.24, 2.45) is 5.73 Å². The van der Waals surface area contributed by atoms with Gasteiger partial charge in [-0.3, -0.25) is 14.7 Å². The number of carbonyl (C=O) groups is 2. The molecule has 0 atom stereocenters. The average molecular weight is 394 g/mol. The third-order valence-electron chi connectivity index (χ3n) is 3.37. The fraction of sp³-hybridized carbons (Fsp3) is 0.312. The smallest absolute Gasteiger partial charge is 0.277 e. The van der Waals surface area contributed by atoms with Gasteiger partial charge in [0.25, 0.3) is 11.8 Å². The van der Waals surface area contributed by atoms with Crippen LogP contribution in [-0.2, 0) is 0 Å². The van der Waals surface area contributed by atoms with E-state index in [2.05, 4.69) is 36.8 Å². The number of rotatable bonds is 6. The lowest BCUT2D eigenvalue weighted by Gasteiger charge is -2.10. The molecule has 0 aliphatic carbocycles. The lowest BCUT2D eigenvalue weighted by atomic mass is 10.1. The predicted molar refractivity (Wildman–Crippen MR) is 96.2 cm³/mol. The maximum Gasteiger partial charge on any atom is 0.277 e. The summed E-state index contributed by atoms with van der Waals surface area (Å²) in [6.45, 7) is 4.70. The lowest BCUT2D eigenvalue weighted by Crippen LogP contribution is -2.30. The Labute approximate surface area is 148 Å². The molecule has 0 fully saturated rings. The minimum Gasteiger partial charge on any atom is -0.351 e. The number of benzene rings is 1. The molecule has 5 N–H and O–H groups in total. The monoisotopic (exact) mass is 393 g/mol. The van der Waals surface area contributed by atoms with E-state index in [1.807, 2.05) is 13.8 Å². The second kappa shape index (κ2) is 8.07. The minimum atomic E-state index is -0.399. The Morgan fingerprint density at radius 3 is 2.62 bits per heavy atom. The summed E-state index contributed by atoms with van der Waals surface area (Å²) in [5.41, 5.74) is 7.26. The Kier molecular flexibility index (Phi) is 6.10. The van der Waals surface area contributed by atoms with Gasteiger partial charge in [0.2, 0.25) is 0 Å². The van der Waals surface area contributed by atoms with Gasteiger partial charge >= 0.3 is 0 Å². The summed E-state index contributed by atoms with van der Waals surface area (Å²) >= 11 is 3.40. The van der Waals surface area contributed by atoms with Gasteiger partial charge in [0.05, 0.1) is 21.4 Å². The molecule has 0 spiro atoms. The molecule has 0 saturated heterocycles. The van der Waals surface area contributed by atoms with Crippen LogP contribution in [0, 0.1) is 0 Å². The predicted octanol–water partition coefficient (Wildman–Crippen LogP) is 2.24. The fourth-order valence-corrected chi connectivity index (χ4v) is 2.94. The molecule has 2 rings (SSSR count). The highest BCUT2D eigenvalue weighted by Crippen LogP contribution is 2.26. The summed E-state index contributed by atoms with van der Waals surface area (Å²) in [5.74, 6) is -0.493. The van der Waals surface area contributed by atoms with Gasteiger partial charge in [-0.2, -0.15) is 5.10 Å². The van der Waals surface area contributed by atoms with E-state index in [-0.39, 0.29) is 17.5 Å². The van der Waals surface area contributed by atoms with Crippen LogP contribution in [0.15, 0.2) is 28.7 Å². The first-order valence-corrected chi connectivity index (χ1v) is 8.37. The van der Waals surface area contributed by atoms with Gasteiger partial charge in [0.15, 0.2) is 5.69 Å². The zero-order chi connectivity index (χ0) is 17.7. The molecule has 2 amide bonds. The molecule has 0 saturated carbocycles. The van der Waals surface area contributed by atoms with E-state index in [9.17, 15) is 9.59 Å². The number of anilines is 1. The first-order chi connectivity index (χ1) is 11.5. The van der Waals surface area contributed by atoms with Crippen molar-refractivity contribution in [3.63, 3.8) is 0 Å². The van der Waals surface area contributed by atoms with Gasteiger partial charge in [-0.1, -0.05) is 26.0 Å². The second-order valence-electron chi connectivity index (χ2n) is 5.50. The summed E-state index contributed by atoms with van der Waals surface area (Å²) in [4.78, 5) is 24.6. The van der Waals surface area contributed by atoms with Crippen LogP contribution < -0.4 is 16.4 Å². The maximum absolute atomic E-state index is 12.5. The van der Waals surface area contributed by atoms with E-state index in [1.54, 1.807) is 24.3 Å². The van der Waals surface area contributed by atoms with Crippen molar-refractivity contribution in [1.82, 2.24) is 15.5 Å². The Morgan fingerprint density at radius 1 is 1.29 bits per heavy atom. The van der Waals surface area contributed by atoms with Crippen molar-refractivity contribution < 1.29 is 9.59 Å². The number of amides is 2. The molecule has 8 heteroatoms. The maximum atomic E-state index is 12.5. The first kappa shape index (κ1) is 18.2. The number of para-hydroxylation sites is 1. The summed E-state index contributed by atoms with van der Waals surface area (Å²) in [6, 6.07) is 6.78. The number of carbonyl (C=O) groups excluding carboxylic acids is 2. The lowest BCUT2D eigenvalue weighted by molar-refractivity contribution is 0.0955. The van der Waals surface area contributed by atoms with Gasteiger partial charge in [-0.15, -0.1) is 0 Å². The normalized spacial score (nSPS) is 10.7. The molecule has 128 valence electrons. The van der Waals surface area contributed by atoms with Crippen molar-refractivity contribution in [1.29, 1.82) is 0 Å². The van der Waals surface area contributed by atoms with E-state index >= 15 is 0 Å². The highest BCUT2D eigenvalue weighted by Gasteiger charge is 2.21. The van der Waals surface area contributed by atoms with E-state index in [1.165, 1.54) is 0 Å². The first-order valence-electron chi connectivity index (χ1n) is 7.58. The summed E-state index contributed by atoms with van der Waals surface area (Å²) < 4.78 is 0.625.